The molecule has 3 N–H and O–H groups in total. The average molecular weight is 609 g/mol. The van der Waals surface area contributed by atoms with Crippen molar-refractivity contribution in [3.8, 4) is 11.1 Å². The van der Waals surface area contributed by atoms with E-state index in [1.54, 1.807) is 32.9 Å². The Bertz CT molecular complexity index is 1410. The van der Waals surface area contributed by atoms with Crippen LogP contribution in [0.4, 0.5) is 4.79 Å². The molecule has 0 radical (unpaired) electrons. The monoisotopic (exact) mass is 608 g/mol. The zero-order valence-corrected chi connectivity index (χ0v) is 26.2. The van der Waals surface area contributed by atoms with Gasteiger partial charge < -0.3 is 25.0 Å². The molecule has 0 aromatic heterocycles. The maximum absolute atomic E-state index is 13.5. The first-order valence-electron chi connectivity index (χ1n) is 14.2. The number of carbonyl (C=O) groups is 3. The second-order valence-corrected chi connectivity index (χ2v) is 14.2. The molecule has 0 spiro atoms. The van der Waals surface area contributed by atoms with Gasteiger partial charge in [0.15, 0.2) is 0 Å². The van der Waals surface area contributed by atoms with Crippen molar-refractivity contribution < 1.29 is 33.3 Å². The number of benzene rings is 3. The Morgan fingerprint density at radius 1 is 0.814 bits per heavy atom. The highest BCUT2D eigenvalue weighted by Gasteiger charge is 2.36. The van der Waals surface area contributed by atoms with E-state index in [1.165, 1.54) is 13.8 Å². The van der Waals surface area contributed by atoms with Gasteiger partial charge in [0.1, 0.15) is 24.0 Å². The molecule has 0 heterocycles. The third-order valence-electron chi connectivity index (χ3n) is 6.66. The summed E-state index contributed by atoms with van der Waals surface area (Å²) < 4.78 is 24.1. The molecule has 4 unspecified atom stereocenters. The van der Waals surface area contributed by atoms with Gasteiger partial charge in [-0.15, -0.1) is 0 Å². The topological polar surface area (TPSA) is 131 Å². The molecule has 10 heteroatoms. The van der Waals surface area contributed by atoms with Crippen molar-refractivity contribution >= 4 is 25.3 Å². The van der Waals surface area contributed by atoms with Crippen LogP contribution in [0.1, 0.15) is 45.7 Å². The molecule has 9 nitrogen and oxygen atoms in total. The molecule has 0 saturated heterocycles. The lowest BCUT2D eigenvalue weighted by Crippen LogP contribution is -2.46. The van der Waals surface area contributed by atoms with Gasteiger partial charge in [0.25, 0.3) is 0 Å². The molecule has 2 amide bonds. The van der Waals surface area contributed by atoms with Gasteiger partial charge in [0.05, 0.1) is 5.92 Å². The number of alkyl carbamates (subject to hydrolysis) is 1. The van der Waals surface area contributed by atoms with Gasteiger partial charge in [-0.25, -0.2) is 9.59 Å². The Hall–Kier alpha value is -3.94. The van der Waals surface area contributed by atoms with Gasteiger partial charge in [-0.05, 0) is 63.3 Å². The fourth-order valence-corrected chi connectivity index (χ4v) is 5.83. The fraction of sp³-hybridized carbons (Fsp3) is 0.364. The van der Waals surface area contributed by atoms with Crippen LogP contribution in [0.5, 0.6) is 0 Å². The van der Waals surface area contributed by atoms with Crippen molar-refractivity contribution in [3.63, 3.8) is 0 Å². The number of ether oxygens (including phenoxy) is 2. The van der Waals surface area contributed by atoms with Gasteiger partial charge >= 0.3 is 12.1 Å². The highest BCUT2D eigenvalue weighted by atomic mass is 31.2. The van der Waals surface area contributed by atoms with Crippen molar-refractivity contribution in [1.82, 2.24) is 10.6 Å². The van der Waals surface area contributed by atoms with E-state index >= 15 is 0 Å². The SMILES string of the molecule is CC(NC(=O)C(Cc1ccc(-c2ccccc2)cc1)CP(=O)(O)C(C)NC(=O)OCc1ccccc1)C(=O)OC(C)(C)C. The standard InChI is InChI=1S/C33H41N2O7P/c1-23(31(37)42-33(3,4)5)34-30(36)29(20-25-16-18-28(19-17-25)27-14-10-7-11-15-27)22-43(39,40)24(2)35-32(38)41-21-26-12-8-6-9-13-26/h6-19,23-24,29H,20-22H2,1-5H3,(H,34,36)(H,35,38)(H,39,40). The van der Waals surface area contributed by atoms with Crippen LogP contribution >= 0.6 is 7.37 Å². The van der Waals surface area contributed by atoms with Crippen LogP contribution in [-0.4, -0.2) is 46.5 Å². The van der Waals surface area contributed by atoms with Gasteiger partial charge in [0, 0.05) is 6.16 Å². The van der Waals surface area contributed by atoms with E-state index < -0.39 is 54.8 Å². The van der Waals surface area contributed by atoms with Crippen molar-refractivity contribution in [2.24, 2.45) is 5.92 Å². The van der Waals surface area contributed by atoms with Crippen molar-refractivity contribution in [2.45, 2.75) is 65.1 Å². The molecule has 0 aliphatic carbocycles. The van der Waals surface area contributed by atoms with Crippen LogP contribution < -0.4 is 10.6 Å². The van der Waals surface area contributed by atoms with Gasteiger partial charge in [0.2, 0.25) is 13.3 Å². The van der Waals surface area contributed by atoms with Crippen molar-refractivity contribution in [1.29, 1.82) is 0 Å². The minimum absolute atomic E-state index is 0.00167. The molecule has 230 valence electrons. The summed E-state index contributed by atoms with van der Waals surface area (Å²) in [6.45, 7) is 8.08. The van der Waals surface area contributed by atoms with Crippen LogP contribution in [0, 0.1) is 5.92 Å². The second-order valence-electron chi connectivity index (χ2n) is 11.5. The third kappa shape index (κ3) is 11.0. The minimum atomic E-state index is -4.13. The van der Waals surface area contributed by atoms with E-state index in [0.717, 1.165) is 22.3 Å². The normalized spacial score (nSPS) is 14.8. The maximum Gasteiger partial charge on any atom is 0.408 e. The molecule has 3 aromatic carbocycles. The number of esters is 1. The number of hydrogen-bond donors (Lipinski definition) is 3. The Morgan fingerprint density at radius 2 is 1.37 bits per heavy atom. The molecule has 3 rings (SSSR count). The highest BCUT2D eigenvalue weighted by molar-refractivity contribution is 7.58. The molecule has 3 aromatic rings. The van der Waals surface area contributed by atoms with E-state index in [2.05, 4.69) is 10.6 Å². The molecule has 0 aliphatic heterocycles. The molecule has 4 atom stereocenters. The molecular weight excluding hydrogens is 567 g/mol. The summed E-state index contributed by atoms with van der Waals surface area (Å²) in [4.78, 5) is 49.3. The molecule has 0 bridgehead atoms. The molecule has 0 saturated carbocycles. The van der Waals surface area contributed by atoms with E-state index in [0.29, 0.717) is 0 Å². The summed E-state index contributed by atoms with van der Waals surface area (Å²) in [6.07, 6.45) is -1.14. The van der Waals surface area contributed by atoms with Crippen molar-refractivity contribution in [2.75, 3.05) is 6.16 Å². The quantitative estimate of drug-likeness (QED) is 0.172. The minimum Gasteiger partial charge on any atom is -0.458 e. The highest BCUT2D eigenvalue weighted by Crippen LogP contribution is 2.47. The zero-order valence-electron chi connectivity index (χ0n) is 25.3. The summed E-state index contributed by atoms with van der Waals surface area (Å²) in [5, 5.41) is 5.07. The lowest BCUT2D eigenvalue weighted by atomic mass is 9.97. The summed E-state index contributed by atoms with van der Waals surface area (Å²) in [5.41, 5.74) is 2.82. The Morgan fingerprint density at radius 3 is 1.95 bits per heavy atom. The lowest BCUT2D eigenvalue weighted by molar-refractivity contribution is -0.158. The molecule has 0 fully saturated rings. The summed E-state index contributed by atoms with van der Waals surface area (Å²) in [6, 6.07) is 25.5. The van der Waals surface area contributed by atoms with E-state index in [-0.39, 0.29) is 13.0 Å². The van der Waals surface area contributed by atoms with Crippen molar-refractivity contribution in [3.05, 3.63) is 96.1 Å². The predicted octanol–water partition coefficient (Wildman–Crippen LogP) is 5.90. The molecular formula is C33H41N2O7P. The number of hydrogen-bond acceptors (Lipinski definition) is 6. The van der Waals surface area contributed by atoms with E-state index in [9.17, 15) is 23.8 Å². The second kappa shape index (κ2) is 15.0. The smallest absolute Gasteiger partial charge is 0.408 e. The Kier molecular flexibility index (Phi) is 11.7. The average Bonchev–Trinajstić information content (AvgIpc) is 2.96. The third-order valence-corrected chi connectivity index (χ3v) is 8.96. The number of carbonyl (C=O) groups excluding carboxylic acids is 3. The summed E-state index contributed by atoms with van der Waals surface area (Å²) in [5.74, 6) is -3.35. The van der Waals surface area contributed by atoms with Crippen LogP contribution in [0.15, 0.2) is 84.9 Å². The number of nitrogens with one attached hydrogen (secondary N) is 2. The first kappa shape index (κ1) is 33.6. The molecule has 43 heavy (non-hydrogen) atoms. The summed E-state index contributed by atoms with van der Waals surface area (Å²) >= 11 is 0. The zero-order chi connectivity index (χ0) is 31.6. The fourth-order valence-electron chi connectivity index (χ4n) is 4.28. The first-order valence-corrected chi connectivity index (χ1v) is 16.1. The van der Waals surface area contributed by atoms with Crippen LogP contribution in [0.25, 0.3) is 11.1 Å². The van der Waals surface area contributed by atoms with Gasteiger partial charge in [-0.3, -0.25) is 9.36 Å². The van der Waals surface area contributed by atoms with Gasteiger partial charge in [-0.1, -0.05) is 84.9 Å². The Balaban J connectivity index is 1.73. The molecule has 0 aliphatic rings. The van der Waals surface area contributed by atoms with E-state index in [4.69, 9.17) is 9.47 Å². The maximum atomic E-state index is 13.5. The lowest BCUT2D eigenvalue weighted by Gasteiger charge is -2.27. The van der Waals surface area contributed by atoms with Crippen LogP contribution in [0.3, 0.4) is 0 Å². The van der Waals surface area contributed by atoms with Crippen LogP contribution in [0.2, 0.25) is 0 Å². The van der Waals surface area contributed by atoms with Crippen LogP contribution in [-0.2, 0) is 36.7 Å². The van der Waals surface area contributed by atoms with E-state index in [1.807, 2.05) is 72.8 Å². The predicted molar refractivity (Wildman–Crippen MR) is 166 cm³/mol. The number of rotatable bonds is 12. The first-order chi connectivity index (χ1) is 20.2. The largest absolute Gasteiger partial charge is 0.458 e. The number of amides is 2. The Labute approximate surface area is 253 Å². The summed E-state index contributed by atoms with van der Waals surface area (Å²) in [7, 11) is -4.13. The van der Waals surface area contributed by atoms with Gasteiger partial charge in [-0.2, -0.15) is 0 Å².